The average molecular weight is 429 g/mol. The number of hydrogen-bond donors (Lipinski definition) is 4. The minimum absolute atomic E-state index is 0.00394. The fourth-order valence-electron chi connectivity index (χ4n) is 4.58. The fourth-order valence-corrected chi connectivity index (χ4v) is 4.58. The molecule has 8 heteroatoms. The Bertz CT molecular complexity index is 863. The third-order valence-electron chi connectivity index (χ3n) is 6.49. The van der Waals surface area contributed by atoms with Gasteiger partial charge in [-0.1, -0.05) is 26.7 Å². The highest BCUT2D eigenvalue weighted by atomic mass is 16.5. The number of carbonyl (C=O) groups is 3. The summed E-state index contributed by atoms with van der Waals surface area (Å²) >= 11 is 0. The Hall–Kier alpha value is -2.74. The Balaban J connectivity index is 1.78. The van der Waals surface area contributed by atoms with Gasteiger partial charge in [0.15, 0.2) is 5.78 Å². The SMILES string of the molecule is CC[C@@H]1OCC(=O)[C@H]1NC(=O)[C@H](CC1(C)CCCC1)NC(=O)c1ccc(N)c(C=N)c1. The third-order valence-corrected chi connectivity index (χ3v) is 6.49. The summed E-state index contributed by atoms with van der Waals surface area (Å²) in [6, 6.07) is 3.22. The second kappa shape index (κ2) is 9.60. The number of benzene rings is 1. The molecule has 1 aromatic rings. The molecule has 8 nitrogen and oxygen atoms in total. The van der Waals surface area contributed by atoms with E-state index < -0.39 is 18.0 Å². The zero-order valence-corrected chi connectivity index (χ0v) is 18.2. The van der Waals surface area contributed by atoms with Gasteiger partial charge < -0.3 is 26.5 Å². The van der Waals surface area contributed by atoms with Crippen LogP contribution in [0, 0.1) is 10.8 Å². The fraction of sp³-hybridized carbons (Fsp3) is 0.565. The number of ketones is 1. The van der Waals surface area contributed by atoms with Crippen LogP contribution in [0.1, 0.15) is 68.3 Å². The quantitative estimate of drug-likeness (QED) is 0.372. The summed E-state index contributed by atoms with van der Waals surface area (Å²) in [5.41, 5.74) is 6.95. The van der Waals surface area contributed by atoms with E-state index in [1.165, 1.54) is 6.07 Å². The molecule has 0 radical (unpaired) electrons. The number of Topliss-reactive ketones (excluding diaryl/α,β-unsaturated/α-hetero) is 1. The highest BCUT2D eigenvalue weighted by Crippen LogP contribution is 2.41. The number of nitrogen functional groups attached to an aromatic ring is 1. The predicted octanol–water partition coefficient (Wildman–Crippen LogP) is 2.20. The largest absolute Gasteiger partial charge is 0.398 e. The summed E-state index contributed by atoms with van der Waals surface area (Å²) in [5, 5.41) is 13.1. The van der Waals surface area contributed by atoms with E-state index in [2.05, 4.69) is 17.6 Å². The standard InChI is InChI=1S/C23H32N4O4/c1-3-19-20(18(28)13-31-19)27-22(30)17(11-23(2)8-4-5-9-23)26-21(29)14-6-7-16(25)15(10-14)12-24/h6-7,10,12,17,19-20,24H,3-5,8-9,11,13,25H2,1-2H3,(H,26,29)(H,27,30)/t17-,19-,20+/m0/s1. The average Bonchev–Trinajstić information content (AvgIpc) is 3.33. The molecule has 31 heavy (non-hydrogen) atoms. The van der Waals surface area contributed by atoms with Crippen LogP contribution in [0.3, 0.4) is 0 Å². The topological polar surface area (TPSA) is 134 Å². The highest BCUT2D eigenvalue weighted by molar-refractivity contribution is 6.00. The van der Waals surface area contributed by atoms with Gasteiger partial charge in [0, 0.05) is 23.0 Å². The Labute approximate surface area is 182 Å². The van der Waals surface area contributed by atoms with Gasteiger partial charge in [0.1, 0.15) is 18.7 Å². The lowest BCUT2D eigenvalue weighted by Crippen LogP contribution is -2.54. The summed E-state index contributed by atoms with van der Waals surface area (Å²) in [6.45, 7) is 4.04. The molecule has 168 valence electrons. The van der Waals surface area contributed by atoms with Crippen LogP contribution in [0.25, 0.3) is 0 Å². The summed E-state index contributed by atoms with van der Waals surface area (Å²) in [7, 11) is 0. The van der Waals surface area contributed by atoms with Gasteiger partial charge in [0.25, 0.3) is 5.91 Å². The van der Waals surface area contributed by atoms with Crippen LogP contribution in [0.5, 0.6) is 0 Å². The minimum Gasteiger partial charge on any atom is -0.398 e. The molecule has 5 N–H and O–H groups in total. The van der Waals surface area contributed by atoms with Crippen LogP contribution in [0.15, 0.2) is 18.2 Å². The van der Waals surface area contributed by atoms with E-state index >= 15 is 0 Å². The Kier molecular flexibility index (Phi) is 7.10. The Morgan fingerprint density at radius 3 is 2.71 bits per heavy atom. The Morgan fingerprint density at radius 2 is 2.06 bits per heavy atom. The van der Waals surface area contributed by atoms with Gasteiger partial charge in [-0.3, -0.25) is 14.4 Å². The first-order valence-electron chi connectivity index (χ1n) is 10.9. The van der Waals surface area contributed by atoms with Crippen molar-refractivity contribution >= 4 is 29.5 Å². The van der Waals surface area contributed by atoms with Gasteiger partial charge in [0.05, 0.1) is 6.10 Å². The molecule has 0 unspecified atom stereocenters. The van der Waals surface area contributed by atoms with E-state index in [0.29, 0.717) is 29.7 Å². The lowest BCUT2D eigenvalue weighted by molar-refractivity contribution is -0.128. The number of carbonyl (C=O) groups excluding carboxylic acids is 3. The zero-order chi connectivity index (χ0) is 22.6. The molecule has 2 fully saturated rings. The van der Waals surface area contributed by atoms with Crippen molar-refractivity contribution < 1.29 is 19.1 Å². The molecule has 2 aliphatic rings. The van der Waals surface area contributed by atoms with Crippen molar-refractivity contribution in [2.45, 2.75) is 70.6 Å². The highest BCUT2D eigenvalue weighted by Gasteiger charge is 2.39. The molecular formula is C23H32N4O4. The third kappa shape index (κ3) is 5.31. The minimum atomic E-state index is -0.775. The second-order valence-corrected chi connectivity index (χ2v) is 8.95. The zero-order valence-electron chi connectivity index (χ0n) is 18.2. The maximum absolute atomic E-state index is 13.2. The van der Waals surface area contributed by atoms with Crippen molar-refractivity contribution in [3.8, 4) is 0 Å². The van der Waals surface area contributed by atoms with Crippen molar-refractivity contribution in [2.24, 2.45) is 5.41 Å². The van der Waals surface area contributed by atoms with E-state index in [1.807, 2.05) is 6.92 Å². The number of rotatable bonds is 8. The molecule has 0 bridgehead atoms. The molecular weight excluding hydrogens is 396 g/mol. The lowest BCUT2D eigenvalue weighted by Gasteiger charge is -2.30. The Morgan fingerprint density at radius 1 is 1.35 bits per heavy atom. The maximum atomic E-state index is 13.2. The number of ether oxygens (including phenoxy) is 1. The van der Waals surface area contributed by atoms with Crippen LogP contribution in [-0.2, 0) is 14.3 Å². The van der Waals surface area contributed by atoms with Gasteiger partial charge in [-0.25, -0.2) is 0 Å². The van der Waals surface area contributed by atoms with E-state index in [0.717, 1.165) is 31.9 Å². The number of nitrogens with two attached hydrogens (primary N) is 1. The van der Waals surface area contributed by atoms with Gasteiger partial charge in [-0.15, -0.1) is 0 Å². The van der Waals surface area contributed by atoms with E-state index in [-0.39, 0.29) is 29.8 Å². The molecule has 1 saturated carbocycles. The van der Waals surface area contributed by atoms with Crippen molar-refractivity contribution in [1.82, 2.24) is 10.6 Å². The maximum Gasteiger partial charge on any atom is 0.251 e. The summed E-state index contributed by atoms with van der Waals surface area (Å²) in [4.78, 5) is 38.3. The number of anilines is 1. The number of hydrogen-bond acceptors (Lipinski definition) is 6. The van der Waals surface area contributed by atoms with E-state index in [9.17, 15) is 14.4 Å². The van der Waals surface area contributed by atoms with Gasteiger partial charge in [-0.2, -0.15) is 0 Å². The smallest absolute Gasteiger partial charge is 0.251 e. The molecule has 2 amide bonds. The summed E-state index contributed by atoms with van der Waals surface area (Å²) in [6.07, 6.45) is 6.05. The molecule has 1 heterocycles. The van der Waals surface area contributed by atoms with Crippen molar-refractivity contribution in [1.29, 1.82) is 5.41 Å². The van der Waals surface area contributed by atoms with Crippen LogP contribution in [-0.4, -0.2) is 48.6 Å². The van der Waals surface area contributed by atoms with Crippen molar-refractivity contribution in [3.05, 3.63) is 29.3 Å². The van der Waals surface area contributed by atoms with Crippen molar-refractivity contribution in [3.63, 3.8) is 0 Å². The van der Waals surface area contributed by atoms with Gasteiger partial charge in [-0.05, 0) is 49.3 Å². The summed E-state index contributed by atoms with van der Waals surface area (Å²) in [5.74, 6) is -0.927. The van der Waals surface area contributed by atoms with Crippen LogP contribution < -0.4 is 16.4 Å². The molecule has 1 aliphatic heterocycles. The lowest BCUT2D eigenvalue weighted by atomic mass is 9.81. The molecule has 3 rings (SSSR count). The van der Waals surface area contributed by atoms with Crippen molar-refractivity contribution in [2.75, 3.05) is 12.3 Å². The van der Waals surface area contributed by atoms with E-state index in [1.54, 1.807) is 12.1 Å². The van der Waals surface area contributed by atoms with Gasteiger partial charge >= 0.3 is 0 Å². The first kappa shape index (κ1) is 22.9. The van der Waals surface area contributed by atoms with Crippen LogP contribution in [0.4, 0.5) is 5.69 Å². The molecule has 0 spiro atoms. The van der Waals surface area contributed by atoms with E-state index in [4.69, 9.17) is 15.9 Å². The first-order valence-corrected chi connectivity index (χ1v) is 10.9. The summed E-state index contributed by atoms with van der Waals surface area (Å²) < 4.78 is 5.46. The molecule has 1 aromatic carbocycles. The molecule has 3 atom stereocenters. The second-order valence-electron chi connectivity index (χ2n) is 8.95. The van der Waals surface area contributed by atoms with Gasteiger partial charge in [0.2, 0.25) is 5.91 Å². The molecule has 0 aromatic heterocycles. The normalized spacial score (nSPS) is 23.4. The monoisotopic (exact) mass is 428 g/mol. The molecule has 1 saturated heterocycles. The van der Waals surface area contributed by atoms with Crippen LogP contribution in [0.2, 0.25) is 0 Å². The van der Waals surface area contributed by atoms with Crippen LogP contribution >= 0.6 is 0 Å². The number of nitrogens with one attached hydrogen (secondary N) is 3. The molecule has 1 aliphatic carbocycles. The first-order chi connectivity index (χ1) is 14.8. The number of amides is 2. The predicted molar refractivity (Wildman–Crippen MR) is 118 cm³/mol.